The minimum absolute atomic E-state index is 0.572. The largest absolute Gasteiger partial charge is 0.495 e. The molecule has 0 amide bonds. The zero-order valence-electron chi connectivity index (χ0n) is 11.5. The lowest BCUT2D eigenvalue weighted by Crippen LogP contribution is -2.01. The number of nitrogens with one attached hydrogen (secondary N) is 2. The summed E-state index contributed by atoms with van der Waals surface area (Å²) in [6, 6.07) is 7.49. The van der Waals surface area contributed by atoms with Gasteiger partial charge in [0.25, 0.3) is 0 Å². The first-order chi connectivity index (χ1) is 10.2. The summed E-state index contributed by atoms with van der Waals surface area (Å²) in [5, 5.41) is 9.80. The monoisotopic (exact) mass is 320 g/mol. The second-order valence-electron chi connectivity index (χ2n) is 4.26. The van der Waals surface area contributed by atoms with Crippen LogP contribution in [0.3, 0.4) is 0 Å². The quantitative estimate of drug-likeness (QED) is 0.756. The molecular formula is C14H13ClN4OS. The standard InChI is InChI=1S/C14H13ClN4OS/c1-16-14-18-12(9-5-6-21-13(9)19-14)17-8-3-4-10(15)11(7-8)20-2/h3-7H,1-2H3,(H2,16,17,18,19). The van der Waals surface area contributed by atoms with Crippen LogP contribution in [0.25, 0.3) is 10.2 Å². The van der Waals surface area contributed by atoms with E-state index in [2.05, 4.69) is 20.6 Å². The molecule has 3 aromatic rings. The number of hydrogen-bond acceptors (Lipinski definition) is 6. The lowest BCUT2D eigenvalue weighted by molar-refractivity contribution is 0.415. The molecule has 0 unspecified atom stereocenters. The molecule has 2 aromatic heterocycles. The molecule has 3 rings (SSSR count). The van der Waals surface area contributed by atoms with Gasteiger partial charge in [-0.25, -0.2) is 4.98 Å². The van der Waals surface area contributed by atoms with Crippen molar-refractivity contribution < 1.29 is 4.74 Å². The van der Waals surface area contributed by atoms with E-state index >= 15 is 0 Å². The lowest BCUT2D eigenvalue weighted by Gasteiger charge is -2.10. The SMILES string of the molecule is CNc1nc(Nc2ccc(Cl)c(OC)c2)c2ccsc2n1. The summed E-state index contributed by atoms with van der Waals surface area (Å²) < 4.78 is 5.23. The van der Waals surface area contributed by atoms with Crippen LogP contribution in [0, 0.1) is 0 Å². The zero-order chi connectivity index (χ0) is 14.8. The molecule has 0 radical (unpaired) electrons. The Hall–Kier alpha value is -2.05. The molecule has 7 heteroatoms. The highest BCUT2D eigenvalue weighted by Gasteiger charge is 2.09. The van der Waals surface area contributed by atoms with Crippen molar-refractivity contribution in [2.45, 2.75) is 0 Å². The minimum Gasteiger partial charge on any atom is -0.495 e. The second-order valence-corrected chi connectivity index (χ2v) is 5.56. The van der Waals surface area contributed by atoms with Gasteiger partial charge in [-0.3, -0.25) is 0 Å². The van der Waals surface area contributed by atoms with E-state index in [-0.39, 0.29) is 0 Å². The van der Waals surface area contributed by atoms with Crippen molar-refractivity contribution in [3.63, 3.8) is 0 Å². The van der Waals surface area contributed by atoms with E-state index in [0.29, 0.717) is 16.7 Å². The molecule has 0 aliphatic heterocycles. The van der Waals surface area contributed by atoms with Crippen molar-refractivity contribution in [2.24, 2.45) is 0 Å². The predicted molar refractivity (Wildman–Crippen MR) is 88.2 cm³/mol. The predicted octanol–water partition coefficient (Wildman–Crippen LogP) is 4.14. The summed E-state index contributed by atoms with van der Waals surface area (Å²) in [5.41, 5.74) is 0.851. The number of halogens is 1. The van der Waals surface area contributed by atoms with E-state index in [1.807, 2.05) is 23.6 Å². The fourth-order valence-electron chi connectivity index (χ4n) is 1.94. The van der Waals surface area contributed by atoms with Crippen LogP contribution in [0.5, 0.6) is 5.75 Å². The Balaban J connectivity index is 2.03. The van der Waals surface area contributed by atoms with Gasteiger partial charge in [0.1, 0.15) is 16.4 Å². The Morgan fingerprint density at radius 2 is 2.10 bits per heavy atom. The van der Waals surface area contributed by atoms with E-state index in [1.54, 1.807) is 31.6 Å². The van der Waals surface area contributed by atoms with Gasteiger partial charge in [-0.15, -0.1) is 11.3 Å². The highest BCUT2D eigenvalue weighted by molar-refractivity contribution is 7.16. The molecule has 0 saturated heterocycles. The molecule has 0 atom stereocenters. The molecular weight excluding hydrogens is 308 g/mol. The molecule has 0 bridgehead atoms. The Labute approximate surface area is 130 Å². The van der Waals surface area contributed by atoms with Gasteiger partial charge in [-0.05, 0) is 23.6 Å². The summed E-state index contributed by atoms with van der Waals surface area (Å²) in [6.07, 6.45) is 0. The van der Waals surface area contributed by atoms with Crippen molar-refractivity contribution in [2.75, 3.05) is 24.8 Å². The fraction of sp³-hybridized carbons (Fsp3) is 0.143. The molecule has 5 nitrogen and oxygen atoms in total. The van der Waals surface area contributed by atoms with Crippen LogP contribution in [0.1, 0.15) is 0 Å². The summed E-state index contributed by atoms with van der Waals surface area (Å²) in [6.45, 7) is 0. The maximum absolute atomic E-state index is 6.04. The lowest BCUT2D eigenvalue weighted by atomic mass is 10.3. The van der Waals surface area contributed by atoms with Gasteiger partial charge in [-0.1, -0.05) is 11.6 Å². The van der Waals surface area contributed by atoms with Gasteiger partial charge in [0.2, 0.25) is 5.95 Å². The van der Waals surface area contributed by atoms with Crippen molar-refractivity contribution in [3.05, 3.63) is 34.7 Å². The first kappa shape index (κ1) is 13.9. The number of aromatic nitrogens is 2. The van der Waals surface area contributed by atoms with Crippen LogP contribution in [0.15, 0.2) is 29.6 Å². The maximum Gasteiger partial charge on any atom is 0.225 e. The molecule has 2 N–H and O–H groups in total. The number of hydrogen-bond donors (Lipinski definition) is 2. The van der Waals surface area contributed by atoms with Gasteiger partial charge < -0.3 is 15.4 Å². The normalized spacial score (nSPS) is 10.6. The molecule has 0 saturated carbocycles. The average Bonchev–Trinajstić information content (AvgIpc) is 2.97. The van der Waals surface area contributed by atoms with Crippen LogP contribution in [0.4, 0.5) is 17.5 Å². The Bertz CT molecular complexity index is 790. The third kappa shape index (κ3) is 2.72. The third-order valence-corrected chi connectivity index (χ3v) is 4.08. The number of nitrogens with zero attached hydrogens (tertiary/aromatic N) is 2. The van der Waals surface area contributed by atoms with Crippen molar-refractivity contribution >= 4 is 50.6 Å². The van der Waals surface area contributed by atoms with Gasteiger partial charge in [-0.2, -0.15) is 4.98 Å². The zero-order valence-corrected chi connectivity index (χ0v) is 13.0. The molecule has 0 spiro atoms. The Kier molecular flexibility index (Phi) is 3.81. The fourth-order valence-corrected chi connectivity index (χ4v) is 2.90. The molecule has 2 heterocycles. The number of anilines is 3. The number of thiophene rings is 1. The topological polar surface area (TPSA) is 59.1 Å². The molecule has 0 fully saturated rings. The number of rotatable bonds is 4. The molecule has 1 aromatic carbocycles. The summed E-state index contributed by atoms with van der Waals surface area (Å²) in [5.74, 6) is 1.94. The second kappa shape index (κ2) is 5.75. The van der Waals surface area contributed by atoms with Gasteiger partial charge in [0.15, 0.2) is 0 Å². The van der Waals surface area contributed by atoms with Crippen molar-refractivity contribution in [3.8, 4) is 5.75 Å². The third-order valence-electron chi connectivity index (χ3n) is 2.96. The smallest absolute Gasteiger partial charge is 0.225 e. The summed E-state index contributed by atoms with van der Waals surface area (Å²) in [7, 11) is 3.38. The number of ether oxygens (including phenoxy) is 1. The number of methoxy groups -OCH3 is 1. The molecule has 21 heavy (non-hydrogen) atoms. The Morgan fingerprint density at radius 1 is 1.24 bits per heavy atom. The average molecular weight is 321 g/mol. The highest BCUT2D eigenvalue weighted by Crippen LogP contribution is 2.32. The number of fused-ring (bicyclic) bond motifs is 1. The van der Waals surface area contributed by atoms with Crippen LogP contribution in [-0.2, 0) is 0 Å². The maximum atomic E-state index is 6.04. The van der Waals surface area contributed by atoms with Gasteiger partial charge in [0.05, 0.1) is 17.5 Å². The highest BCUT2D eigenvalue weighted by atomic mass is 35.5. The minimum atomic E-state index is 0.572. The Morgan fingerprint density at radius 3 is 2.86 bits per heavy atom. The first-order valence-electron chi connectivity index (χ1n) is 6.25. The molecule has 0 aliphatic carbocycles. The van der Waals surface area contributed by atoms with E-state index in [9.17, 15) is 0 Å². The van der Waals surface area contributed by atoms with Crippen LogP contribution in [0.2, 0.25) is 5.02 Å². The van der Waals surface area contributed by atoms with Crippen LogP contribution >= 0.6 is 22.9 Å². The first-order valence-corrected chi connectivity index (χ1v) is 7.50. The van der Waals surface area contributed by atoms with E-state index < -0.39 is 0 Å². The number of benzene rings is 1. The van der Waals surface area contributed by atoms with E-state index in [4.69, 9.17) is 16.3 Å². The molecule has 0 aliphatic rings. The van der Waals surface area contributed by atoms with Gasteiger partial charge in [0, 0.05) is 18.8 Å². The van der Waals surface area contributed by atoms with Crippen LogP contribution in [-0.4, -0.2) is 24.1 Å². The summed E-state index contributed by atoms with van der Waals surface area (Å²) in [4.78, 5) is 9.81. The van der Waals surface area contributed by atoms with E-state index in [0.717, 1.165) is 21.7 Å². The van der Waals surface area contributed by atoms with Gasteiger partial charge >= 0.3 is 0 Å². The van der Waals surface area contributed by atoms with Crippen molar-refractivity contribution in [1.29, 1.82) is 0 Å². The molecule has 108 valence electrons. The van der Waals surface area contributed by atoms with Crippen LogP contribution < -0.4 is 15.4 Å². The summed E-state index contributed by atoms with van der Waals surface area (Å²) >= 11 is 7.61. The van der Waals surface area contributed by atoms with Crippen molar-refractivity contribution in [1.82, 2.24) is 9.97 Å². The van der Waals surface area contributed by atoms with E-state index in [1.165, 1.54) is 0 Å².